The average Bonchev–Trinajstić information content (AvgIpc) is 3.06. The molecule has 0 saturated carbocycles. The second-order valence-corrected chi connectivity index (χ2v) is 8.35. The van der Waals surface area contributed by atoms with Crippen LogP contribution in [0.2, 0.25) is 15.1 Å². The van der Waals surface area contributed by atoms with Gasteiger partial charge in [-0.3, -0.25) is 9.36 Å². The van der Waals surface area contributed by atoms with Gasteiger partial charge in [0.25, 0.3) is 0 Å². The van der Waals surface area contributed by atoms with E-state index in [9.17, 15) is 4.79 Å². The molecule has 0 saturated heterocycles. The summed E-state index contributed by atoms with van der Waals surface area (Å²) < 4.78 is 1.91. The Hall–Kier alpha value is -1.99. The predicted molar refractivity (Wildman–Crippen MR) is 121 cm³/mol. The van der Waals surface area contributed by atoms with E-state index in [4.69, 9.17) is 34.8 Å². The third-order valence-electron chi connectivity index (χ3n) is 3.94. The molecular weight excluding hydrogens is 451 g/mol. The topological polar surface area (TPSA) is 59.8 Å². The van der Waals surface area contributed by atoms with Crippen molar-refractivity contribution in [1.29, 1.82) is 0 Å². The second-order valence-electron chi connectivity index (χ2n) is 6.15. The number of carbonyl (C=O) groups is 1. The number of hydrogen-bond donors (Lipinski definition) is 1. The minimum absolute atomic E-state index is 0.110. The summed E-state index contributed by atoms with van der Waals surface area (Å²) in [4.78, 5) is 12.4. The van der Waals surface area contributed by atoms with Gasteiger partial charge in [0.05, 0.1) is 21.5 Å². The van der Waals surface area contributed by atoms with Crippen LogP contribution in [-0.2, 0) is 11.3 Å². The number of aryl methyl sites for hydroxylation is 1. The molecule has 0 bridgehead atoms. The molecule has 150 valence electrons. The van der Waals surface area contributed by atoms with E-state index in [0.29, 0.717) is 22.4 Å². The van der Waals surface area contributed by atoms with Crippen LogP contribution in [0.5, 0.6) is 0 Å². The molecule has 1 heterocycles. The van der Waals surface area contributed by atoms with Crippen LogP contribution in [0.3, 0.4) is 0 Å². The van der Waals surface area contributed by atoms with Gasteiger partial charge < -0.3 is 5.32 Å². The van der Waals surface area contributed by atoms with E-state index in [2.05, 4.69) is 22.1 Å². The lowest BCUT2D eigenvalue weighted by molar-refractivity contribution is -0.113. The SMILES string of the molecule is C=CCn1c(SCC(=O)Nc2c(Cl)cc(Cl)cc2Cl)nnc1-c1ccc(C)cc1. The number of benzene rings is 2. The number of carbonyl (C=O) groups excluding carboxylic acids is 1. The molecule has 0 fully saturated rings. The molecule has 3 rings (SSSR count). The summed E-state index contributed by atoms with van der Waals surface area (Å²) in [7, 11) is 0. The minimum Gasteiger partial charge on any atom is -0.323 e. The van der Waals surface area contributed by atoms with Crippen molar-refractivity contribution in [3.63, 3.8) is 0 Å². The summed E-state index contributed by atoms with van der Waals surface area (Å²) in [6.45, 7) is 6.35. The average molecular weight is 468 g/mol. The third-order valence-corrected chi connectivity index (χ3v) is 5.72. The zero-order chi connectivity index (χ0) is 21.0. The quantitative estimate of drug-likeness (QED) is 0.335. The molecule has 29 heavy (non-hydrogen) atoms. The normalized spacial score (nSPS) is 10.8. The van der Waals surface area contributed by atoms with E-state index < -0.39 is 0 Å². The van der Waals surface area contributed by atoms with Crippen molar-refractivity contribution in [3.8, 4) is 11.4 Å². The van der Waals surface area contributed by atoms with E-state index in [0.717, 1.165) is 17.0 Å². The standard InChI is InChI=1S/C20H17Cl3N4OS/c1-3-8-27-19(13-6-4-12(2)5-7-13)25-26-20(27)29-11-17(28)24-18-15(22)9-14(21)10-16(18)23/h3-7,9-10H,1,8,11H2,2H3,(H,24,28). The molecule has 3 aromatic rings. The van der Waals surface area contributed by atoms with Gasteiger partial charge in [-0.15, -0.1) is 16.8 Å². The molecular formula is C20H17Cl3N4OS. The number of hydrogen-bond acceptors (Lipinski definition) is 4. The van der Waals surface area contributed by atoms with Gasteiger partial charge in [-0.25, -0.2) is 0 Å². The first-order valence-corrected chi connectivity index (χ1v) is 10.7. The number of aromatic nitrogens is 3. The van der Waals surface area contributed by atoms with Crippen LogP contribution in [0, 0.1) is 6.92 Å². The Balaban J connectivity index is 1.74. The van der Waals surface area contributed by atoms with Crippen molar-refractivity contribution in [1.82, 2.24) is 14.8 Å². The van der Waals surface area contributed by atoms with Crippen molar-refractivity contribution in [2.75, 3.05) is 11.1 Å². The fourth-order valence-electron chi connectivity index (χ4n) is 2.57. The first-order chi connectivity index (χ1) is 13.9. The van der Waals surface area contributed by atoms with E-state index in [1.54, 1.807) is 6.08 Å². The fourth-order valence-corrected chi connectivity index (χ4v) is 4.23. The summed E-state index contributed by atoms with van der Waals surface area (Å²) in [5, 5.41) is 12.8. The van der Waals surface area contributed by atoms with Crippen LogP contribution in [-0.4, -0.2) is 26.4 Å². The second kappa shape index (κ2) is 9.67. The molecule has 5 nitrogen and oxygen atoms in total. The molecule has 0 aliphatic rings. The van der Waals surface area contributed by atoms with Crippen molar-refractivity contribution in [3.05, 3.63) is 69.7 Å². The van der Waals surface area contributed by atoms with Crippen LogP contribution in [0.1, 0.15) is 5.56 Å². The number of amides is 1. The maximum absolute atomic E-state index is 12.4. The highest BCUT2D eigenvalue weighted by Gasteiger charge is 2.16. The Kier molecular flexibility index (Phi) is 7.24. The van der Waals surface area contributed by atoms with Gasteiger partial charge in [-0.05, 0) is 19.1 Å². The predicted octanol–water partition coefficient (Wildman–Crippen LogP) is 6.13. The highest BCUT2D eigenvalue weighted by Crippen LogP contribution is 2.34. The Labute approximate surface area is 188 Å². The minimum atomic E-state index is -0.272. The van der Waals surface area contributed by atoms with Crippen molar-refractivity contribution < 1.29 is 4.79 Å². The van der Waals surface area contributed by atoms with Crippen molar-refractivity contribution in [2.45, 2.75) is 18.6 Å². The third kappa shape index (κ3) is 5.34. The smallest absolute Gasteiger partial charge is 0.234 e. The summed E-state index contributed by atoms with van der Waals surface area (Å²) >= 11 is 19.4. The number of nitrogens with one attached hydrogen (secondary N) is 1. The van der Waals surface area contributed by atoms with Crippen LogP contribution in [0.4, 0.5) is 5.69 Å². The number of anilines is 1. The number of thioether (sulfide) groups is 1. The molecule has 0 unspecified atom stereocenters. The highest BCUT2D eigenvalue weighted by molar-refractivity contribution is 7.99. The van der Waals surface area contributed by atoms with Crippen molar-refractivity contribution in [2.24, 2.45) is 0 Å². The van der Waals surface area contributed by atoms with Gasteiger partial charge in [0.1, 0.15) is 0 Å². The highest BCUT2D eigenvalue weighted by atomic mass is 35.5. The summed E-state index contributed by atoms with van der Waals surface area (Å²) in [6.07, 6.45) is 1.76. The molecule has 1 aromatic heterocycles. The lowest BCUT2D eigenvalue weighted by Crippen LogP contribution is -2.15. The molecule has 0 spiro atoms. The first kappa shape index (κ1) is 21.7. The molecule has 0 aliphatic carbocycles. The van der Waals surface area contributed by atoms with Crippen molar-refractivity contribution >= 4 is 58.2 Å². The summed E-state index contributed by atoms with van der Waals surface area (Å²) in [5.74, 6) is 0.557. The Morgan fingerprint density at radius 1 is 1.17 bits per heavy atom. The van der Waals surface area contributed by atoms with Gasteiger partial charge >= 0.3 is 0 Å². The van der Waals surface area contributed by atoms with Crippen LogP contribution >= 0.6 is 46.6 Å². The summed E-state index contributed by atoms with van der Waals surface area (Å²) in [5.41, 5.74) is 2.44. The number of allylic oxidation sites excluding steroid dienone is 1. The lowest BCUT2D eigenvalue weighted by atomic mass is 10.1. The first-order valence-electron chi connectivity index (χ1n) is 8.57. The maximum Gasteiger partial charge on any atom is 0.234 e. The van der Waals surface area contributed by atoms with Gasteiger partial charge in [0.15, 0.2) is 11.0 Å². The Morgan fingerprint density at radius 2 is 1.83 bits per heavy atom. The maximum atomic E-state index is 12.4. The number of halogens is 3. The van der Waals surface area contributed by atoms with E-state index in [1.807, 2.05) is 35.8 Å². The molecule has 1 N–H and O–H groups in total. The van der Waals surface area contributed by atoms with Gasteiger partial charge in [-0.2, -0.15) is 0 Å². The zero-order valence-electron chi connectivity index (χ0n) is 15.5. The zero-order valence-corrected chi connectivity index (χ0v) is 18.5. The summed E-state index contributed by atoms with van der Waals surface area (Å²) in [6, 6.07) is 11.1. The van der Waals surface area contributed by atoms with E-state index >= 15 is 0 Å². The van der Waals surface area contributed by atoms with Gasteiger partial charge in [-0.1, -0.05) is 82.5 Å². The monoisotopic (exact) mass is 466 g/mol. The molecule has 2 aromatic carbocycles. The number of rotatable bonds is 7. The molecule has 0 atom stereocenters. The molecule has 0 radical (unpaired) electrons. The lowest BCUT2D eigenvalue weighted by Gasteiger charge is -2.10. The Morgan fingerprint density at radius 3 is 2.45 bits per heavy atom. The fraction of sp³-hybridized carbons (Fsp3) is 0.150. The molecule has 1 amide bonds. The largest absolute Gasteiger partial charge is 0.323 e. The van der Waals surface area contributed by atoms with Gasteiger partial charge in [0.2, 0.25) is 5.91 Å². The molecule has 9 heteroatoms. The van der Waals surface area contributed by atoms with E-state index in [-0.39, 0.29) is 21.7 Å². The van der Waals surface area contributed by atoms with Crippen LogP contribution in [0.15, 0.2) is 54.2 Å². The number of nitrogens with zero attached hydrogens (tertiary/aromatic N) is 3. The van der Waals surface area contributed by atoms with Crippen LogP contribution in [0.25, 0.3) is 11.4 Å². The van der Waals surface area contributed by atoms with Gasteiger partial charge in [0, 0.05) is 17.1 Å². The molecule has 0 aliphatic heterocycles. The van der Waals surface area contributed by atoms with E-state index in [1.165, 1.54) is 23.9 Å². The Bertz CT molecular complexity index is 1030. The van der Waals surface area contributed by atoms with Crippen LogP contribution < -0.4 is 5.32 Å².